The number of thiophene rings is 1. The van der Waals surface area contributed by atoms with E-state index in [2.05, 4.69) is 29.7 Å². The van der Waals surface area contributed by atoms with Gasteiger partial charge in [0.15, 0.2) is 0 Å². The molecule has 166 valence electrons. The van der Waals surface area contributed by atoms with Gasteiger partial charge in [-0.1, -0.05) is 26.7 Å². The standard InChI is InChI=1S/C24H37N3O2S/c1-18(2)17-25-11-13-27(14-12-25)23(28)19-7-8-21-20(15-19)16-22(30-21)24(29)26-9-5-3-4-6-10-26/h16,18-19H,3-15,17H2,1-2H3. The summed E-state index contributed by atoms with van der Waals surface area (Å²) in [5, 5.41) is 0. The molecule has 3 heterocycles. The highest BCUT2D eigenvalue weighted by molar-refractivity contribution is 7.14. The van der Waals surface area contributed by atoms with E-state index in [1.807, 2.05) is 4.90 Å². The third-order valence-electron chi connectivity index (χ3n) is 6.84. The SMILES string of the molecule is CC(C)CN1CCN(C(=O)C2CCc3sc(C(=O)N4CCCCCC4)cc3C2)CC1. The second-order valence-corrected chi connectivity index (χ2v) is 10.9. The van der Waals surface area contributed by atoms with Crippen LogP contribution >= 0.6 is 11.3 Å². The van der Waals surface area contributed by atoms with Crippen LogP contribution in [0, 0.1) is 11.8 Å². The molecule has 30 heavy (non-hydrogen) atoms. The summed E-state index contributed by atoms with van der Waals surface area (Å²) in [7, 11) is 0. The lowest BCUT2D eigenvalue weighted by Gasteiger charge is -2.37. The molecule has 2 amide bonds. The molecule has 2 fully saturated rings. The molecule has 0 spiro atoms. The Morgan fingerprint density at radius 2 is 1.70 bits per heavy atom. The van der Waals surface area contributed by atoms with Crippen molar-refractivity contribution in [1.29, 1.82) is 0 Å². The van der Waals surface area contributed by atoms with Gasteiger partial charge in [0.25, 0.3) is 5.91 Å². The molecule has 1 unspecified atom stereocenters. The van der Waals surface area contributed by atoms with Crippen molar-refractivity contribution in [3.8, 4) is 0 Å². The fourth-order valence-electron chi connectivity index (χ4n) is 5.19. The van der Waals surface area contributed by atoms with Gasteiger partial charge in [-0.05, 0) is 49.7 Å². The molecule has 1 aliphatic carbocycles. The van der Waals surface area contributed by atoms with Crippen LogP contribution in [-0.2, 0) is 17.6 Å². The number of piperazine rings is 1. The molecule has 0 bridgehead atoms. The number of carbonyl (C=O) groups is 2. The van der Waals surface area contributed by atoms with E-state index in [0.29, 0.717) is 11.8 Å². The maximum Gasteiger partial charge on any atom is 0.263 e. The van der Waals surface area contributed by atoms with Gasteiger partial charge in [-0.15, -0.1) is 11.3 Å². The predicted molar refractivity (Wildman–Crippen MR) is 122 cm³/mol. The Kier molecular flexibility index (Phi) is 7.14. The van der Waals surface area contributed by atoms with Gasteiger partial charge >= 0.3 is 0 Å². The second-order valence-electron chi connectivity index (χ2n) is 9.72. The summed E-state index contributed by atoms with van der Waals surface area (Å²) >= 11 is 1.68. The average Bonchev–Trinajstić information content (AvgIpc) is 2.97. The van der Waals surface area contributed by atoms with Crippen LogP contribution in [0.4, 0.5) is 0 Å². The van der Waals surface area contributed by atoms with Crippen molar-refractivity contribution in [1.82, 2.24) is 14.7 Å². The molecule has 3 aliphatic rings. The van der Waals surface area contributed by atoms with Crippen LogP contribution in [-0.4, -0.2) is 72.3 Å². The maximum absolute atomic E-state index is 13.2. The quantitative estimate of drug-likeness (QED) is 0.731. The molecule has 6 heteroatoms. The van der Waals surface area contributed by atoms with E-state index in [4.69, 9.17) is 0 Å². The van der Waals surface area contributed by atoms with Crippen molar-refractivity contribution in [3.05, 3.63) is 21.4 Å². The van der Waals surface area contributed by atoms with E-state index in [-0.39, 0.29) is 11.8 Å². The zero-order chi connectivity index (χ0) is 21.1. The van der Waals surface area contributed by atoms with Gasteiger partial charge in [-0.25, -0.2) is 0 Å². The summed E-state index contributed by atoms with van der Waals surface area (Å²) in [6, 6.07) is 2.10. The number of amides is 2. The molecule has 5 nitrogen and oxygen atoms in total. The molecule has 2 saturated heterocycles. The lowest BCUT2D eigenvalue weighted by atomic mass is 9.87. The lowest BCUT2D eigenvalue weighted by Crippen LogP contribution is -2.51. The summed E-state index contributed by atoms with van der Waals surface area (Å²) < 4.78 is 0. The number of fused-ring (bicyclic) bond motifs is 1. The summed E-state index contributed by atoms with van der Waals surface area (Å²) in [6.45, 7) is 11.1. The van der Waals surface area contributed by atoms with Crippen LogP contribution in [0.5, 0.6) is 0 Å². The normalized spacial score (nSPS) is 23.4. The summed E-state index contributed by atoms with van der Waals surface area (Å²) in [5.41, 5.74) is 1.25. The zero-order valence-electron chi connectivity index (χ0n) is 18.7. The first kappa shape index (κ1) is 21.8. The Balaban J connectivity index is 1.34. The maximum atomic E-state index is 13.2. The van der Waals surface area contributed by atoms with Gasteiger partial charge in [0.05, 0.1) is 4.88 Å². The highest BCUT2D eigenvalue weighted by atomic mass is 32.1. The highest BCUT2D eigenvalue weighted by Crippen LogP contribution is 2.34. The Bertz CT molecular complexity index is 744. The minimum Gasteiger partial charge on any atom is -0.340 e. The highest BCUT2D eigenvalue weighted by Gasteiger charge is 2.32. The van der Waals surface area contributed by atoms with Gasteiger partial charge < -0.3 is 9.80 Å². The largest absolute Gasteiger partial charge is 0.340 e. The molecule has 0 radical (unpaired) electrons. The number of hydrogen-bond acceptors (Lipinski definition) is 4. The number of carbonyl (C=O) groups excluding carboxylic acids is 2. The van der Waals surface area contributed by atoms with Gasteiger partial charge in [-0.2, -0.15) is 0 Å². The summed E-state index contributed by atoms with van der Waals surface area (Å²) in [4.78, 5) is 35.0. The molecule has 0 N–H and O–H groups in total. The third kappa shape index (κ3) is 5.08. The first-order valence-electron chi connectivity index (χ1n) is 11.9. The molecular formula is C24H37N3O2S. The number of aryl methyl sites for hydroxylation is 1. The van der Waals surface area contributed by atoms with E-state index in [0.717, 1.165) is 82.8 Å². The van der Waals surface area contributed by atoms with Crippen LogP contribution in [0.3, 0.4) is 0 Å². The fourth-order valence-corrected chi connectivity index (χ4v) is 6.37. The van der Waals surface area contributed by atoms with E-state index in [1.54, 1.807) is 11.3 Å². The third-order valence-corrected chi connectivity index (χ3v) is 8.07. The molecule has 1 atom stereocenters. The van der Waals surface area contributed by atoms with Crippen LogP contribution < -0.4 is 0 Å². The number of rotatable bonds is 4. The Morgan fingerprint density at radius 1 is 1.00 bits per heavy atom. The summed E-state index contributed by atoms with van der Waals surface area (Å²) in [5.74, 6) is 1.30. The van der Waals surface area contributed by atoms with Crippen LogP contribution in [0.25, 0.3) is 0 Å². The van der Waals surface area contributed by atoms with E-state index in [1.165, 1.54) is 23.3 Å². The predicted octanol–water partition coefficient (Wildman–Crippen LogP) is 3.67. The fraction of sp³-hybridized carbons (Fsp3) is 0.750. The van der Waals surface area contributed by atoms with Gasteiger partial charge in [0.1, 0.15) is 0 Å². The van der Waals surface area contributed by atoms with E-state index in [9.17, 15) is 9.59 Å². The van der Waals surface area contributed by atoms with Crippen molar-refractivity contribution in [2.45, 2.75) is 58.8 Å². The first-order chi connectivity index (χ1) is 14.5. The Morgan fingerprint density at radius 3 is 2.37 bits per heavy atom. The number of hydrogen-bond donors (Lipinski definition) is 0. The van der Waals surface area contributed by atoms with Crippen molar-refractivity contribution >= 4 is 23.2 Å². The second kappa shape index (κ2) is 9.82. The number of likely N-dealkylation sites (tertiary alicyclic amines) is 1. The summed E-state index contributed by atoms with van der Waals surface area (Å²) in [6.07, 6.45) is 7.40. The lowest BCUT2D eigenvalue weighted by molar-refractivity contribution is -0.137. The van der Waals surface area contributed by atoms with E-state index < -0.39 is 0 Å². The van der Waals surface area contributed by atoms with Crippen molar-refractivity contribution < 1.29 is 9.59 Å². The van der Waals surface area contributed by atoms with Crippen LogP contribution in [0.2, 0.25) is 0 Å². The molecule has 1 aromatic rings. The van der Waals surface area contributed by atoms with Crippen LogP contribution in [0.1, 0.15) is 66.1 Å². The Labute approximate surface area is 185 Å². The molecule has 0 aromatic carbocycles. The molecule has 4 rings (SSSR count). The van der Waals surface area contributed by atoms with Gasteiger partial charge in [-0.3, -0.25) is 14.5 Å². The molecule has 0 saturated carbocycles. The topological polar surface area (TPSA) is 43.9 Å². The Hall–Kier alpha value is -1.40. The first-order valence-corrected chi connectivity index (χ1v) is 12.7. The minimum absolute atomic E-state index is 0.0879. The minimum atomic E-state index is 0.0879. The average molecular weight is 432 g/mol. The van der Waals surface area contributed by atoms with Gasteiger partial charge in [0.2, 0.25) is 5.91 Å². The smallest absolute Gasteiger partial charge is 0.263 e. The monoisotopic (exact) mass is 431 g/mol. The van der Waals surface area contributed by atoms with Crippen molar-refractivity contribution in [2.75, 3.05) is 45.8 Å². The van der Waals surface area contributed by atoms with E-state index >= 15 is 0 Å². The number of nitrogens with zero attached hydrogens (tertiary/aromatic N) is 3. The molecule has 1 aromatic heterocycles. The molecule has 2 aliphatic heterocycles. The van der Waals surface area contributed by atoms with Gasteiger partial charge in [0, 0.05) is 56.6 Å². The zero-order valence-corrected chi connectivity index (χ0v) is 19.5. The van der Waals surface area contributed by atoms with Crippen LogP contribution in [0.15, 0.2) is 6.07 Å². The molecular weight excluding hydrogens is 394 g/mol. The van der Waals surface area contributed by atoms with Crippen molar-refractivity contribution in [2.24, 2.45) is 11.8 Å². The van der Waals surface area contributed by atoms with Crippen molar-refractivity contribution in [3.63, 3.8) is 0 Å².